The Balaban J connectivity index is 3.20. The molecule has 0 amide bonds. The normalized spacial score (nSPS) is 12.4. The van der Waals surface area contributed by atoms with Crippen molar-refractivity contribution in [2.45, 2.75) is 24.3 Å². The molecule has 1 unspecified atom stereocenters. The van der Waals surface area contributed by atoms with Crippen LogP contribution in [0.25, 0.3) is 0 Å². The highest BCUT2D eigenvalue weighted by Gasteiger charge is 2.26. The number of carboxylic acids is 1. The Hall–Kier alpha value is -2.44. The van der Waals surface area contributed by atoms with Crippen molar-refractivity contribution in [3.63, 3.8) is 0 Å². The van der Waals surface area contributed by atoms with Crippen LogP contribution in [0, 0.1) is 29.4 Å². The standard InChI is InChI=1S/C12H12N2O6S/c1-3-4-10(12(15)16)13-21(19,20)9-6-5-8(2)11(7-9)14(17)18/h1,5-7,10,13H,4H2,2H3,(H,15,16). The van der Waals surface area contributed by atoms with Gasteiger partial charge in [-0.3, -0.25) is 14.9 Å². The number of carbonyl (C=O) groups is 1. The molecule has 0 aliphatic heterocycles. The lowest BCUT2D eigenvalue weighted by molar-refractivity contribution is -0.385. The van der Waals surface area contributed by atoms with Crippen molar-refractivity contribution in [2.75, 3.05) is 0 Å². The minimum Gasteiger partial charge on any atom is -0.480 e. The van der Waals surface area contributed by atoms with E-state index in [1.807, 2.05) is 10.6 Å². The van der Waals surface area contributed by atoms with Crippen molar-refractivity contribution in [1.29, 1.82) is 0 Å². The maximum Gasteiger partial charge on any atom is 0.322 e. The van der Waals surface area contributed by atoms with Gasteiger partial charge in [0.05, 0.1) is 9.82 Å². The second-order valence-electron chi connectivity index (χ2n) is 4.13. The van der Waals surface area contributed by atoms with Gasteiger partial charge in [-0.1, -0.05) is 6.07 Å². The van der Waals surface area contributed by atoms with Gasteiger partial charge >= 0.3 is 5.97 Å². The molecule has 0 radical (unpaired) electrons. The summed E-state index contributed by atoms with van der Waals surface area (Å²) < 4.78 is 26.0. The van der Waals surface area contributed by atoms with Gasteiger partial charge in [0.15, 0.2) is 0 Å². The van der Waals surface area contributed by atoms with Crippen LogP contribution in [0.1, 0.15) is 12.0 Å². The summed E-state index contributed by atoms with van der Waals surface area (Å²) in [7, 11) is -4.23. The summed E-state index contributed by atoms with van der Waals surface area (Å²) in [6, 6.07) is 1.79. The number of hydrogen-bond acceptors (Lipinski definition) is 5. The molecule has 0 heterocycles. The Morgan fingerprint density at radius 2 is 2.19 bits per heavy atom. The fourth-order valence-corrected chi connectivity index (χ4v) is 2.71. The van der Waals surface area contributed by atoms with Crippen LogP contribution in [-0.2, 0) is 14.8 Å². The molecule has 1 aromatic carbocycles. The van der Waals surface area contributed by atoms with E-state index in [0.29, 0.717) is 0 Å². The molecule has 0 fully saturated rings. The highest BCUT2D eigenvalue weighted by atomic mass is 32.2. The molecule has 21 heavy (non-hydrogen) atoms. The molecule has 0 aromatic heterocycles. The first kappa shape index (κ1) is 16.6. The number of sulfonamides is 1. The fraction of sp³-hybridized carbons (Fsp3) is 0.250. The van der Waals surface area contributed by atoms with E-state index in [0.717, 1.165) is 12.1 Å². The van der Waals surface area contributed by atoms with Crippen molar-refractivity contribution in [3.05, 3.63) is 33.9 Å². The number of terminal acetylenes is 1. The van der Waals surface area contributed by atoms with Gasteiger partial charge < -0.3 is 5.11 Å². The van der Waals surface area contributed by atoms with Crippen LogP contribution < -0.4 is 4.72 Å². The third-order valence-corrected chi connectivity index (χ3v) is 4.07. The number of nitro groups is 1. The summed E-state index contributed by atoms with van der Waals surface area (Å²) in [5.74, 6) is 0.614. The smallest absolute Gasteiger partial charge is 0.322 e. The van der Waals surface area contributed by atoms with E-state index in [1.54, 1.807) is 0 Å². The molecule has 112 valence electrons. The molecule has 1 rings (SSSR count). The van der Waals surface area contributed by atoms with Gasteiger partial charge in [0, 0.05) is 18.1 Å². The van der Waals surface area contributed by atoms with E-state index in [2.05, 4.69) is 0 Å². The molecule has 1 aromatic rings. The quantitative estimate of drug-likeness (QED) is 0.451. The monoisotopic (exact) mass is 312 g/mol. The summed E-state index contributed by atoms with van der Waals surface area (Å²) in [5.41, 5.74) is -0.0842. The summed E-state index contributed by atoms with van der Waals surface area (Å²) in [5, 5.41) is 19.7. The lowest BCUT2D eigenvalue weighted by Crippen LogP contribution is -2.40. The predicted molar refractivity (Wildman–Crippen MR) is 73.0 cm³/mol. The van der Waals surface area contributed by atoms with Crippen molar-refractivity contribution < 1.29 is 23.2 Å². The van der Waals surface area contributed by atoms with Gasteiger partial charge in [0.1, 0.15) is 6.04 Å². The first-order chi connectivity index (χ1) is 9.69. The van der Waals surface area contributed by atoms with Gasteiger partial charge in [-0.15, -0.1) is 12.3 Å². The first-order valence-corrected chi connectivity index (χ1v) is 7.11. The predicted octanol–water partition coefficient (Wildman–Crippen LogP) is 0.658. The molecule has 0 bridgehead atoms. The van der Waals surface area contributed by atoms with E-state index in [1.165, 1.54) is 13.0 Å². The second kappa shape index (κ2) is 6.34. The van der Waals surface area contributed by atoms with Gasteiger partial charge in [-0.05, 0) is 13.0 Å². The zero-order valence-corrected chi connectivity index (χ0v) is 11.8. The molecule has 0 aliphatic carbocycles. The SMILES string of the molecule is C#CCC(NS(=O)(=O)c1ccc(C)c([N+](=O)[O-])c1)C(=O)O. The Kier molecular flexibility index (Phi) is 5.02. The topological polar surface area (TPSA) is 127 Å². The molecule has 8 nitrogen and oxygen atoms in total. The van der Waals surface area contributed by atoms with Gasteiger partial charge in [0.25, 0.3) is 5.69 Å². The Morgan fingerprint density at radius 1 is 1.57 bits per heavy atom. The molecule has 9 heteroatoms. The fourth-order valence-electron chi connectivity index (χ4n) is 1.51. The van der Waals surface area contributed by atoms with Crippen LogP contribution >= 0.6 is 0 Å². The number of nitrogens with zero attached hydrogens (tertiary/aromatic N) is 1. The molecule has 0 spiro atoms. The van der Waals surface area contributed by atoms with Crippen LogP contribution in [-0.4, -0.2) is 30.5 Å². The minimum absolute atomic E-state index is 0.289. The number of nitrogens with one attached hydrogen (secondary N) is 1. The summed E-state index contributed by atoms with van der Waals surface area (Å²) in [4.78, 5) is 20.6. The molecule has 0 saturated carbocycles. The maximum absolute atomic E-state index is 12.0. The second-order valence-corrected chi connectivity index (χ2v) is 5.84. The van der Waals surface area contributed by atoms with Gasteiger partial charge in [-0.25, -0.2) is 8.42 Å². The zero-order valence-electron chi connectivity index (χ0n) is 10.9. The number of carboxylic acid groups (broad SMARTS) is 1. The number of nitro benzene ring substituents is 1. The Labute approximate surface area is 121 Å². The van der Waals surface area contributed by atoms with Crippen molar-refractivity contribution in [1.82, 2.24) is 4.72 Å². The van der Waals surface area contributed by atoms with Crippen LogP contribution in [0.4, 0.5) is 5.69 Å². The van der Waals surface area contributed by atoms with E-state index < -0.39 is 31.9 Å². The lowest BCUT2D eigenvalue weighted by atomic mass is 10.2. The maximum atomic E-state index is 12.0. The van der Waals surface area contributed by atoms with E-state index in [4.69, 9.17) is 11.5 Å². The van der Waals surface area contributed by atoms with Crippen LogP contribution in [0.2, 0.25) is 0 Å². The molecule has 0 saturated heterocycles. The van der Waals surface area contributed by atoms with Crippen molar-refractivity contribution >= 4 is 21.7 Å². The Bertz CT molecular complexity index is 720. The number of rotatable bonds is 6. The van der Waals surface area contributed by atoms with Crippen LogP contribution in [0.5, 0.6) is 0 Å². The average molecular weight is 312 g/mol. The van der Waals surface area contributed by atoms with Gasteiger partial charge in [-0.2, -0.15) is 4.72 Å². The summed E-state index contributed by atoms with van der Waals surface area (Å²) in [6.07, 6.45) is 4.63. The number of benzene rings is 1. The van der Waals surface area contributed by atoms with Crippen LogP contribution in [0.15, 0.2) is 23.1 Å². The minimum atomic E-state index is -4.23. The molecule has 1 atom stereocenters. The average Bonchev–Trinajstić information content (AvgIpc) is 2.37. The van der Waals surface area contributed by atoms with Crippen molar-refractivity contribution in [2.24, 2.45) is 0 Å². The highest BCUT2D eigenvalue weighted by Crippen LogP contribution is 2.22. The van der Waals surface area contributed by atoms with Crippen LogP contribution in [0.3, 0.4) is 0 Å². The molecule has 2 N–H and O–H groups in total. The Morgan fingerprint density at radius 3 is 2.67 bits per heavy atom. The zero-order chi connectivity index (χ0) is 16.2. The van der Waals surface area contributed by atoms with E-state index in [9.17, 15) is 23.3 Å². The summed E-state index contributed by atoms with van der Waals surface area (Å²) in [6.45, 7) is 1.46. The van der Waals surface area contributed by atoms with E-state index in [-0.39, 0.29) is 17.7 Å². The third kappa shape index (κ3) is 4.01. The van der Waals surface area contributed by atoms with Crippen molar-refractivity contribution in [3.8, 4) is 12.3 Å². The number of aliphatic carboxylic acids is 1. The van der Waals surface area contributed by atoms with E-state index >= 15 is 0 Å². The van der Waals surface area contributed by atoms with Gasteiger partial charge in [0.2, 0.25) is 10.0 Å². The molecular formula is C12H12N2O6S. The number of aryl methyl sites for hydroxylation is 1. The first-order valence-electron chi connectivity index (χ1n) is 5.62. The lowest BCUT2D eigenvalue weighted by Gasteiger charge is -2.12. The largest absolute Gasteiger partial charge is 0.480 e. The summed E-state index contributed by atoms with van der Waals surface area (Å²) >= 11 is 0. The molecular weight excluding hydrogens is 300 g/mol. The number of hydrogen-bond donors (Lipinski definition) is 2. The molecule has 0 aliphatic rings. The highest BCUT2D eigenvalue weighted by molar-refractivity contribution is 7.89. The third-order valence-electron chi connectivity index (χ3n) is 2.61.